The smallest absolute Gasteiger partial charge is 0.255 e. The molecule has 0 spiro atoms. The molecule has 1 saturated heterocycles. The van der Waals surface area contributed by atoms with E-state index in [1.54, 1.807) is 12.3 Å². The second-order valence-electron chi connectivity index (χ2n) is 7.83. The summed E-state index contributed by atoms with van der Waals surface area (Å²) in [6, 6.07) is 2.44. The minimum absolute atomic E-state index is 0.0414. The quantitative estimate of drug-likeness (QED) is 0.812. The number of aromatic nitrogens is 3. The fourth-order valence-corrected chi connectivity index (χ4v) is 4.53. The highest BCUT2D eigenvalue weighted by Gasteiger charge is 2.30. The molecule has 27 heavy (non-hydrogen) atoms. The van der Waals surface area contributed by atoms with Gasteiger partial charge in [-0.1, -0.05) is 11.6 Å². The summed E-state index contributed by atoms with van der Waals surface area (Å²) >= 11 is 6.54. The van der Waals surface area contributed by atoms with Crippen LogP contribution in [0.15, 0.2) is 18.6 Å². The largest absolute Gasteiger partial charge is 0.349 e. The fourth-order valence-electron chi connectivity index (χ4n) is 4.24. The first-order valence-electron chi connectivity index (χ1n) is 9.95. The number of pyridine rings is 1. The summed E-state index contributed by atoms with van der Waals surface area (Å²) < 4.78 is 2.35. The van der Waals surface area contributed by atoms with Crippen LogP contribution in [0.4, 0.5) is 5.82 Å². The van der Waals surface area contributed by atoms with Crippen molar-refractivity contribution in [2.24, 2.45) is 0 Å². The number of carbonyl (C=O) groups excluding carboxylic acids is 1. The number of halogens is 1. The molecule has 2 aliphatic heterocycles. The summed E-state index contributed by atoms with van der Waals surface area (Å²) in [6.07, 6.45) is 10.5. The number of rotatable bonds is 3. The molecule has 2 aromatic rings. The van der Waals surface area contributed by atoms with Gasteiger partial charge in [-0.25, -0.2) is 9.97 Å². The Hall–Kier alpha value is -2.08. The Labute approximate surface area is 164 Å². The highest BCUT2D eigenvalue weighted by atomic mass is 35.5. The van der Waals surface area contributed by atoms with Gasteiger partial charge in [0, 0.05) is 44.0 Å². The maximum atomic E-state index is 12.7. The number of hydrogen-bond donors (Lipinski definition) is 0. The first-order chi connectivity index (χ1) is 13.2. The SMILES string of the molecule is O=C(c1cnc(N2CCc3c(ncn3C3CC3)C2)c(Cl)c1)N1CCCCC1. The van der Waals surface area contributed by atoms with Gasteiger partial charge in [0.25, 0.3) is 5.91 Å². The Balaban J connectivity index is 1.34. The van der Waals surface area contributed by atoms with Crippen LogP contribution in [0.5, 0.6) is 0 Å². The van der Waals surface area contributed by atoms with E-state index in [9.17, 15) is 4.79 Å². The van der Waals surface area contributed by atoms with Crippen molar-refractivity contribution in [3.05, 3.63) is 40.6 Å². The normalized spacial score (nSPS) is 19.9. The lowest BCUT2D eigenvalue weighted by atomic mass is 10.1. The van der Waals surface area contributed by atoms with Crippen molar-refractivity contribution in [2.75, 3.05) is 24.5 Å². The summed E-state index contributed by atoms with van der Waals surface area (Å²) in [4.78, 5) is 25.9. The molecule has 2 aromatic heterocycles. The predicted molar refractivity (Wildman–Crippen MR) is 104 cm³/mol. The number of carbonyl (C=O) groups is 1. The maximum Gasteiger partial charge on any atom is 0.255 e. The van der Waals surface area contributed by atoms with Crippen LogP contribution in [0.25, 0.3) is 0 Å². The van der Waals surface area contributed by atoms with E-state index in [1.807, 2.05) is 11.2 Å². The molecule has 0 atom stereocenters. The second-order valence-corrected chi connectivity index (χ2v) is 8.24. The van der Waals surface area contributed by atoms with E-state index in [2.05, 4.69) is 19.4 Å². The molecule has 0 unspecified atom stereocenters. The van der Waals surface area contributed by atoms with E-state index >= 15 is 0 Å². The Bertz CT molecular complexity index is 869. The van der Waals surface area contributed by atoms with Crippen molar-refractivity contribution in [1.82, 2.24) is 19.4 Å². The molecule has 0 aromatic carbocycles. The standard InChI is InChI=1S/C20H24ClN5O/c21-16-10-14(20(27)24-7-2-1-3-8-24)11-22-19(16)25-9-6-18-17(12-25)23-13-26(18)15-4-5-15/h10-11,13,15H,1-9,12H2. The van der Waals surface area contributed by atoms with Gasteiger partial charge in [-0.3, -0.25) is 4.79 Å². The van der Waals surface area contributed by atoms with Crippen LogP contribution in [0.3, 0.4) is 0 Å². The van der Waals surface area contributed by atoms with Gasteiger partial charge in [-0.2, -0.15) is 0 Å². The van der Waals surface area contributed by atoms with Crippen LogP contribution >= 0.6 is 11.6 Å². The van der Waals surface area contributed by atoms with Crippen molar-refractivity contribution in [2.45, 2.75) is 51.1 Å². The molecule has 3 aliphatic rings. The highest BCUT2D eigenvalue weighted by Crippen LogP contribution is 2.38. The van der Waals surface area contributed by atoms with E-state index in [0.717, 1.165) is 57.0 Å². The molecule has 142 valence electrons. The molecule has 5 rings (SSSR count). The monoisotopic (exact) mass is 385 g/mol. The maximum absolute atomic E-state index is 12.7. The fraction of sp³-hybridized carbons (Fsp3) is 0.550. The average Bonchev–Trinajstić information content (AvgIpc) is 3.47. The van der Waals surface area contributed by atoms with Crippen molar-refractivity contribution in [1.29, 1.82) is 0 Å². The number of imidazole rings is 1. The van der Waals surface area contributed by atoms with Crippen molar-refractivity contribution in [3.63, 3.8) is 0 Å². The van der Waals surface area contributed by atoms with Gasteiger partial charge in [0.2, 0.25) is 0 Å². The van der Waals surface area contributed by atoms with Gasteiger partial charge in [-0.15, -0.1) is 0 Å². The van der Waals surface area contributed by atoms with Gasteiger partial charge < -0.3 is 14.4 Å². The van der Waals surface area contributed by atoms with E-state index in [0.29, 0.717) is 16.6 Å². The first-order valence-corrected chi connectivity index (χ1v) is 10.3. The lowest BCUT2D eigenvalue weighted by Crippen LogP contribution is -2.36. The lowest BCUT2D eigenvalue weighted by molar-refractivity contribution is 0.0724. The van der Waals surface area contributed by atoms with E-state index in [4.69, 9.17) is 11.6 Å². The molecule has 2 fully saturated rings. The minimum Gasteiger partial charge on any atom is -0.349 e. The van der Waals surface area contributed by atoms with Crippen molar-refractivity contribution >= 4 is 23.3 Å². The molecular weight excluding hydrogens is 362 g/mol. The van der Waals surface area contributed by atoms with Gasteiger partial charge in [-0.05, 0) is 38.2 Å². The Morgan fingerprint density at radius 2 is 1.93 bits per heavy atom. The molecular formula is C20H24ClN5O. The summed E-state index contributed by atoms with van der Waals surface area (Å²) in [5, 5.41) is 0.544. The van der Waals surface area contributed by atoms with Gasteiger partial charge in [0.1, 0.15) is 5.82 Å². The zero-order valence-corrected chi connectivity index (χ0v) is 16.2. The summed E-state index contributed by atoms with van der Waals surface area (Å²) in [5.41, 5.74) is 3.07. The predicted octanol–water partition coefficient (Wildman–Crippen LogP) is 3.46. The molecule has 1 aliphatic carbocycles. The van der Waals surface area contributed by atoms with Crippen LogP contribution in [0.1, 0.15) is 59.9 Å². The molecule has 1 saturated carbocycles. The molecule has 7 heteroatoms. The molecule has 0 N–H and O–H groups in total. The highest BCUT2D eigenvalue weighted by molar-refractivity contribution is 6.33. The zero-order chi connectivity index (χ0) is 18.4. The Morgan fingerprint density at radius 1 is 1.11 bits per heavy atom. The van der Waals surface area contributed by atoms with Gasteiger partial charge in [0.05, 0.1) is 29.2 Å². The third-order valence-corrected chi connectivity index (χ3v) is 6.17. The van der Waals surface area contributed by atoms with E-state index in [-0.39, 0.29) is 5.91 Å². The third kappa shape index (κ3) is 3.20. The third-order valence-electron chi connectivity index (χ3n) is 5.89. The number of likely N-dealkylation sites (tertiary alicyclic amines) is 1. The molecule has 6 nitrogen and oxygen atoms in total. The zero-order valence-electron chi connectivity index (χ0n) is 15.4. The van der Waals surface area contributed by atoms with Crippen molar-refractivity contribution < 1.29 is 4.79 Å². The topological polar surface area (TPSA) is 54.3 Å². The first kappa shape index (κ1) is 17.0. The number of piperidine rings is 1. The molecule has 1 amide bonds. The Kier molecular flexibility index (Phi) is 4.31. The molecule has 0 radical (unpaired) electrons. The molecule has 4 heterocycles. The van der Waals surface area contributed by atoms with E-state index < -0.39 is 0 Å². The van der Waals surface area contributed by atoms with Crippen molar-refractivity contribution in [3.8, 4) is 0 Å². The summed E-state index contributed by atoms with van der Waals surface area (Å²) in [5.74, 6) is 0.790. The summed E-state index contributed by atoms with van der Waals surface area (Å²) in [7, 11) is 0. The summed E-state index contributed by atoms with van der Waals surface area (Å²) in [6.45, 7) is 3.26. The number of fused-ring (bicyclic) bond motifs is 1. The number of anilines is 1. The Morgan fingerprint density at radius 3 is 2.67 bits per heavy atom. The molecule has 0 bridgehead atoms. The minimum atomic E-state index is 0.0414. The average molecular weight is 386 g/mol. The van der Waals surface area contributed by atoms with Crippen LogP contribution in [-0.2, 0) is 13.0 Å². The van der Waals surface area contributed by atoms with Crippen LogP contribution < -0.4 is 4.90 Å². The van der Waals surface area contributed by atoms with E-state index in [1.165, 1.54) is 25.0 Å². The number of hydrogen-bond acceptors (Lipinski definition) is 4. The second kappa shape index (κ2) is 6.82. The van der Waals surface area contributed by atoms with Gasteiger partial charge in [0.15, 0.2) is 0 Å². The number of nitrogens with zero attached hydrogens (tertiary/aromatic N) is 5. The van der Waals surface area contributed by atoms with Gasteiger partial charge >= 0.3 is 0 Å². The lowest BCUT2D eigenvalue weighted by Gasteiger charge is -2.29. The van der Waals surface area contributed by atoms with Crippen LogP contribution in [0.2, 0.25) is 5.02 Å². The number of amides is 1. The van der Waals surface area contributed by atoms with Crippen LogP contribution in [-0.4, -0.2) is 45.0 Å². The van der Waals surface area contributed by atoms with Crippen LogP contribution in [0, 0.1) is 0 Å².